The first kappa shape index (κ1) is 17.7. The standard InChI is InChI=1S/C18H28N6O/c1-3-5-16(25)19-10-13-24-15-6-4-9-20-17(15)22-18(24)21-14-7-11-23(2)12-8-14/h4,6,9,14H,3,5,7-8,10-13H2,1-2H3,(H,19,25)(H,20,21,22). The maximum absolute atomic E-state index is 11.7. The van der Waals surface area contributed by atoms with Gasteiger partial charge in [0.25, 0.3) is 0 Å². The van der Waals surface area contributed by atoms with Crippen molar-refractivity contribution in [3.05, 3.63) is 18.3 Å². The summed E-state index contributed by atoms with van der Waals surface area (Å²) in [6.07, 6.45) is 5.43. The Morgan fingerprint density at radius 1 is 1.36 bits per heavy atom. The first-order chi connectivity index (χ1) is 12.2. The molecule has 0 unspecified atom stereocenters. The maximum Gasteiger partial charge on any atom is 0.220 e. The monoisotopic (exact) mass is 344 g/mol. The number of carbonyl (C=O) groups excluding carboxylic acids is 1. The number of piperidine rings is 1. The lowest BCUT2D eigenvalue weighted by Crippen LogP contribution is -2.37. The third-order valence-corrected chi connectivity index (χ3v) is 4.71. The molecule has 1 amide bonds. The molecule has 3 rings (SSSR count). The lowest BCUT2D eigenvalue weighted by Gasteiger charge is -2.29. The van der Waals surface area contributed by atoms with E-state index in [1.165, 1.54) is 0 Å². The van der Waals surface area contributed by atoms with Crippen molar-refractivity contribution in [1.29, 1.82) is 0 Å². The fraction of sp³-hybridized carbons (Fsp3) is 0.611. The molecule has 7 nitrogen and oxygen atoms in total. The molecule has 0 spiro atoms. The highest BCUT2D eigenvalue weighted by Gasteiger charge is 2.19. The second-order valence-corrected chi connectivity index (χ2v) is 6.76. The van der Waals surface area contributed by atoms with Gasteiger partial charge in [0.05, 0.1) is 5.52 Å². The van der Waals surface area contributed by atoms with Crippen LogP contribution in [0.15, 0.2) is 18.3 Å². The normalized spacial score (nSPS) is 16.2. The number of hydrogen-bond acceptors (Lipinski definition) is 5. The van der Waals surface area contributed by atoms with Crippen LogP contribution in [0.25, 0.3) is 11.2 Å². The molecule has 3 heterocycles. The van der Waals surface area contributed by atoms with Crippen LogP contribution in [0.1, 0.15) is 32.6 Å². The van der Waals surface area contributed by atoms with Gasteiger partial charge in [0, 0.05) is 31.7 Å². The summed E-state index contributed by atoms with van der Waals surface area (Å²) < 4.78 is 2.13. The number of nitrogens with one attached hydrogen (secondary N) is 2. The summed E-state index contributed by atoms with van der Waals surface area (Å²) in [6, 6.07) is 4.39. The van der Waals surface area contributed by atoms with Crippen molar-refractivity contribution in [3.8, 4) is 0 Å². The van der Waals surface area contributed by atoms with Gasteiger partial charge in [-0.2, -0.15) is 4.98 Å². The molecule has 2 N–H and O–H groups in total. The fourth-order valence-corrected chi connectivity index (χ4v) is 3.25. The van der Waals surface area contributed by atoms with Crippen LogP contribution in [0.4, 0.5) is 5.95 Å². The van der Waals surface area contributed by atoms with Crippen LogP contribution in [0.5, 0.6) is 0 Å². The molecular weight excluding hydrogens is 316 g/mol. The van der Waals surface area contributed by atoms with Gasteiger partial charge >= 0.3 is 0 Å². The number of anilines is 1. The minimum atomic E-state index is 0.106. The number of pyridine rings is 1. The zero-order chi connectivity index (χ0) is 17.6. The molecule has 0 saturated carbocycles. The molecule has 1 aliphatic heterocycles. The number of likely N-dealkylation sites (tertiary alicyclic amines) is 1. The number of aromatic nitrogens is 3. The molecule has 0 aromatic carbocycles. The van der Waals surface area contributed by atoms with E-state index < -0.39 is 0 Å². The summed E-state index contributed by atoms with van der Waals surface area (Å²) in [4.78, 5) is 23.1. The number of imidazole rings is 1. The molecule has 0 aliphatic carbocycles. The van der Waals surface area contributed by atoms with Crippen LogP contribution in [-0.2, 0) is 11.3 Å². The molecule has 0 atom stereocenters. The number of carbonyl (C=O) groups is 1. The van der Waals surface area contributed by atoms with Gasteiger partial charge in [0.2, 0.25) is 11.9 Å². The van der Waals surface area contributed by atoms with Gasteiger partial charge in [-0.1, -0.05) is 6.92 Å². The topological polar surface area (TPSA) is 75.1 Å². The van der Waals surface area contributed by atoms with E-state index in [9.17, 15) is 4.79 Å². The predicted octanol–water partition coefficient (Wildman–Crippen LogP) is 1.85. The molecule has 7 heteroatoms. The van der Waals surface area contributed by atoms with Crippen LogP contribution in [0.3, 0.4) is 0 Å². The second-order valence-electron chi connectivity index (χ2n) is 6.76. The Kier molecular flexibility index (Phi) is 5.86. The van der Waals surface area contributed by atoms with E-state index in [0.29, 0.717) is 25.6 Å². The van der Waals surface area contributed by atoms with E-state index in [-0.39, 0.29) is 5.91 Å². The smallest absolute Gasteiger partial charge is 0.220 e. The lowest BCUT2D eigenvalue weighted by molar-refractivity contribution is -0.121. The average Bonchev–Trinajstić information content (AvgIpc) is 2.95. The van der Waals surface area contributed by atoms with Crippen LogP contribution >= 0.6 is 0 Å². The van der Waals surface area contributed by atoms with E-state index in [2.05, 4.69) is 37.1 Å². The Morgan fingerprint density at radius 2 is 2.16 bits per heavy atom. The molecule has 1 saturated heterocycles. The summed E-state index contributed by atoms with van der Waals surface area (Å²) in [5.74, 6) is 0.961. The van der Waals surface area contributed by atoms with Crippen LogP contribution in [0.2, 0.25) is 0 Å². The molecule has 2 aromatic rings. The number of amides is 1. The Hall–Kier alpha value is -2.15. The Bertz CT molecular complexity index is 705. The van der Waals surface area contributed by atoms with Crippen molar-refractivity contribution in [2.75, 3.05) is 32.0 Å². The highest BCUT2D eigenvalue weighted by Crippen LogP contribution is 2.20. The van der Waals surface area contributed by atoms with Crippen molar-refractivity contribution in [2.24, 2.45) is 0 Å². The summed E-state index contributed by atoms with van der Waals surface area (Å²) in [5.41, 5.74) is 1.75. The SMILES string of the molecule is CCCC(=O)NCCn1c(NC2CCN(C)CC2)nc2ncccc21. The molecule has 1 fully saturated rings. The molecule has 25 heavy (non-hydrogen) atoms. The zero-order valence-corrected chi connectivity index (χ0v) is 15.2. The van der Waals surface area contributed by atoms with Gasteiger partial charge in [0.1, 0.15) is 0 Å². The Labute approximate surface area is 148 Å². The van der Waals surface area contributed by atoms with Gasteiger partial charge in [0.15, 0.2) is 5.65 Å². The minimum absolute atomic E-state index is 0.106. The highest BCUT2D eigenvalue weighted by molar-refractivity contribution is 5.76. The average molecular weight is 344 g/mol. The van der Waals surface area contributed by atoms with E-state index in [1.54, 1.807) is 6.20 Å². The highest BCUT2D eigenvalue weighted by atomic mass is 16.1. The number of hydrogen-bond donors (Lipinski definition) is 2. The first-order valence-corrected chi connectivity index (χ1v) is 9.20. The first-order valence-electron chi connectivity index (χ1n) is 9.20. The van der Waals surface area contributed by atoms with Crippen LogP contribution in [0, 0.1) is 0 Å². The minimum Gasteiger partial charge on any atom is -0.354 e. The predicted molar refractivity (Wildman–Crippen MR) is 99.6 cm³/mol. The molecule has 0 radical (unpaired) electrons. The van der Waals surface area contributed by atoms with Crippen LogP contribution in [-0.4, -0.2) is 58.1 Å². The van der Waals surface area contributed by atoms with Gasteiger partial charge in [-0.25, -0.2) is 4.98 Å². The quantitative estimate of drug-likeness (QED) is 0.802. The van der Waals surface area contributed by atoms with E-state index in [1.807, 2.05) is 19.1 Å². The van der Waals surface area contributed by atoms with Crippen molar-refractivity contribution in [1.82, 2.24) is 24.8 Å². The maximum atomic E-state index is 11.7. The second kappa shape index (κ2) is 8.29. The fourth-order valence-electron chi connectivity index (χ4n) is 3.25. The molecule has 136 valence electrons. The molecule has 2 aromatic heterocycles. The third kappa shape index (κ3) is 4.48. The number of rotatable bonds is 7. The molecule has 1 aliphatic rings. The number of nitrogens with zero attached hydrogens (tertiary/aromatic N) is 4. The van der Waals surface area contributed by atoms with Gasteiger partial charge in [-0.05, 0) is 51.5 Å². The third-order valence-electron chi connectivity index (χ3n) is 4.71. The Balaban J connectivity index is 1.71. The van der Waals surface area contributed by atoms with Crippen molar-refractivity contribution < 1.29 is 4.79 Å². The van der Waals surface area contributed by atoms with E-state index >= 15 is 0 Å². The summed E-state index contributed by atoms with van der Waals surface area (Å²) >= 11 is 0. The summed E-state index contributed by atoms with van der Waals surface area (Å²) in [7, 11) is 2.16. The molecular formula is C18H28N6O. The lowest BCUT2D eigenvalue weighted by atomic mass is 10.1. The van der Waals surface area contributed by atoms with Crippen LogP contribution < -0.4 is 10.6 Å². The zero-order valence-electron chi connectivity index (χ0n) is 15.2. The number of fused-ring (bicyclic) bond motifs is 1. The van der Waals surface area contributed by atoms with E-state index in [4.69, 9.17) is 0 Å². The Morgan fingerprint density at radius 3 is 2.92 bits per heavy atom. The van der Waals surface area contributed by atoms with Gasteiger partial charge < -0.3 is 20.1 Å². The molecule has 0 bridgehead atoms. The van der Waals surface area contributed by atoms with Crippen molar-refractivity contribution >= 4 is 23.0 Å². The van der Waals surface area contributed by atoms with Gasteiger partial charge in [-0.3, -0.25) is 4.79 Å². The van der Waals surface area contributed by atoms with Crippen molar-refractivity contribution in [2.45, 2.75) is 45.2 Å². The van der Waals surface area contributed by atoms with Crippen molar-refractivity contribution in [3.63, 3.8) is 0 Å². The largest absolute Gasteiger partial charge is 0.354 e. The summed E-state index contributed by atoms with van der Waals surface area (Å²) in [6.45, 7) is 5.50. The van der Waals surface area contributed by atoms with E-state index in [0.717, 1.165) is 49.5 Å². The summed E-state index contributed by atoms with van der Waals surface area (Å²) in [5, 5.41) is 6.58. The van der Waals surface area contributed by atoms with Gasteiger partial charge in [-0.15, -0.1) is 0 Å².